The predicted octanol–water partition coefficient (Wildman–Crippen LogP) is 3.54. The van der Waals surface area contributed by atoms with Crippen LogP contribution in [0.2, 0.25) is 0 Å². The molecule has 0 amide bonds. The molecule has 0 aliphatic carbocycles. The van der Waals surface area contributed by atoms with Crippen LogP contribution in [0.25, 0.3) is 5.57 Å². The summed E-state index contributed by atoms with van der Waals surface area (Å²) < 4.78 is 26.7. The highest BCUT2D eigenvalue weighted by molar-refractivity contribution is 6.10. The monoisotopic (exact) mass is 283 g/mol. The van der Waals surface area contributed by atoms with Gasteiger partial charge in [-0.1, -0.05) is 6.07 Å². The lowest BCUT2D eigenvalue weighted by Crippen LogP contribution is -1.95. The second-order valence-electron chi connectivity index (χ2n) is 4.16. The number of nitriles is 1. The Bertz CT molecular complexity index is 741. The van der Waals surface area contributed by atoms with Gasteiger partial charge in [-0.25, -0.2) is 8.78 Å². The lowest BCUT2D eigenvalue weighted by atomic mass is 10.1. The average molecular weight is 283 g/mol. The Labute approximate surface area is 120 Å². The van der Waals surface area contributed by atoms with E-state index in [0.717, 1.165) is 6.07 Å². The highest BCUT2D eigenvalue weighted by Gasteiger charge is 2.07. The van der Waals surface area contributed by atoms with Gasteiger partial charge < -0.3 is 5.73 Å². The molecule has 0 fully saturated rings. The van der Waals surface area contributed by atoms with E-state index in [9.17, 15) is 8.78 Å². The molecule has 0 aliphatic rings. The van der Waals surface area contributed by atoms with E-state index in [1.54, 1.807) is 0 Å². The van der Waals surface area contributed by atoms with Crippen LogP contribution in [0.15, 0.2) is 53.7 Å². The number of allylic oxidation sites excluding steroid dienone is 1. The number of hydrogen-bond donors (Lipinski definition) is 1. The molecule has 0 spiro atoms. The van der Waals surface area contributed by atoms with Crippen LogP contribution < -0.4 is 5.73 Å². The van der Waals surface area contributed by atoms with Gasteiger partial charge in [-0.3, -0.25) is 4.99 Å². The van der Waals surface area contributed by atoms with Gasteiger partial charge in [0.2, 0.25) is 0 Å². The Kier molecular flexibility index (Phi) is 4.42. The lowest BCUT2D eigenvalue weighted by molar-refractivity contribution is 0.624. The fourth-order valence-corrected chi connectivity index (χ4v) is 1.69. The van der Waals surface area contributed by atoms with Crippen LogP contribution in [0.4, 0.5) is 14.5 Å². The first-order valence-electron chi connectivity index (χ1n) is 6.05. The van der Waals surface area contributed by atoms with E-state index in [1.807, 2.05) is 6.07 Å². The molecule has 0 aliphatic heterocycles. The summed E-state index contributed by atoms with van der Waals surface area (Å²) in [6.07, 6.45) is 2.61. The van der Waals surface area contributed by atoms with Crippen molar-refractivity contribution < 1.29 is 8.78 Å². The van der Waals surface area contributed by atoms with E-state index >= 15 is 0 Å². The number of aliphatic imine (C=N–C) groups is 1. The predicted molar refractivity (Wildman–Crippen MR) is 77.8 cm³/mol. The molecule has 104 valence electrons. The van der Waals surface area contributed by atoms with Crippen molar-refractivity contribution >= 4 is 17.5 Å². The maximum absolute atomic E-state index is 13.9. The number of halogens is 2. The maximum atomic E-state index is 13.9. The lowest BCUT2D eigenvalue weighted by Gasteiger charge is -2.03. The van der Waals surface area contributed by atoms with Gasteiger partial charge in [-0.05, 0) is 36.4 Å². The number of rotatable bonds is 3. The minimum absolute atomic E-state index is 0.225. The van der Waals surface area contributed by atoms with Crippen LogP contribution in [0.3, 0.4) is 0 Å². The highest BCUT2D eigenvalue weighted by atomic mass is 19.1. The van der Waals surface area contributed by atoms with Crippen molar-refractivity contribution in [1.82, 2.24) is 0 Å². The number of nitrogens with zero attached hydrogens (tertiary/aromatic N) is 2. The third-order valence-corrected chi connectivity index (χ3v) is 2.77. The summed E-state index contributed by atoms with van der Waals surface area (Å²) in [6.45, 7) is 0. The van der Waals surface area contributed by atoms with Crippen LogP contribution in [-0.2, 0) is 0 Å². The third-order valence-electron chi connectivity index (χ3n) is 2.77. The fourth-order valence-electron chi connectivity index (χ4n) is 1.69. The van der Waals surface area contributed by atoms with Crippen molar-refractivity contribution in [3.8, 4) is 6.07 Å². The van der Waals surface area contributed by atoms with E-state index in [0.29, 0.717) is 11.3 Å². The van der Waals surface area contributed by atoms with Crippen LogP contribution >= 0.6 is 0 Å². The fraction of sp³-hybridized carbons (Fsp3) is 0. The second kappa shape index (κ2) is 6.44. The topological polar surface area (TPSA) is 62.2 Å². The van der Waals surface area contributed by atoms with E-state index in [4.69, 9.17) is 11.0 Å². The molecule has 0 saturated carbocycles. The molecule has 2 N–H and O–H groups in total. The van der Waals surface area contributed by atoms with E-state index in [2.05, 4.69) is 4.99 Å². The first-order chi connectivity index (χ1) is 10.1. The van der Waals surface area contributed by atoms with Gasteiger partial charge in [0.05, 0.1) is 17.3 Å². The molecule has 2 aromatic carbocycles. The third kappa shape index (κ3) is 3.51. The summed E-state index contributed by atoms with van der Waals surface area (Å²) in [6, 6.07) is 11.5. The van der Waals surface area contributed by atoms with Crippen LogP contribution in [0, 0.1) is 23.0 Å². The van der Waals surface area contributed by atoms with Gasteiger partial charge in [0.1, 0.15) is 11.6 Å². The molecule has 0 aromatic heterocycles. The van der Waals surface area contributed by atoms with Crippen molar-refractivity contribution in [3.05, 3.63) is 71.4 Å². The minimum Gasteiger partial charge on any atom is -0.404 e. The van der Waals surface area contributed by atoms with Crippen LogP contribution in [0.5, 0.6) is 0 Å². The quantitative estimate of drug-likeness (QED) is 0.876. The summed E-state index contributed by atoms with van der Waals surface area (Å²) in [5, 5.41) is 8.71. The largest absolute Gasteiger partial charge is 0.404 e. The SMILES string of the molecule is N#Cc1ccc(C(C=Nc2ccc(F)cc2)=CN)c(F)c1. The second-order valence-corrected chi connectivity index (χ2v) is 4.16. The Hall–Kier alpha value is -3.00. The smallest absolute Gasteiger partial charge is 0.132 e. The molecule has 0 atom stereocenters. The maximum Gasteiger partial charge on any atom is 0.132 e. The van der Waals surface area contributed by atoms with Gasteiger partial charge in [0.15, 0.2) is 0 Å². The zero-order valence-electron chi connectivity index (χ0n) is 10.9. The molecule has 0 heterocycles. The van der Waals surface area contributed by atoms with Gasteiger partial charge in [0.25, 0.3) is 0 Å². The molecular weight excluding hydrogens is 272 g/mol. The van der Waals surface area contributed by atoms with Crippen molar-refractivity contribution in [1.29, 1.82) is 5.26 Å². The molecule has 2 rings (SSSR count). The van der Waals surface area contributed by atoms with Gasteiger partial charge in [-0.2, -0.15) is 5.26 Å². The van der Waals surface area contributed by atoms with E-state index < -0.39 is 5.82 Å². The van der Waals surface area contributed by atoms with Gasteiger partial charge in [-0.15, -0.1) is 0 Å². The Morgan fingerprint density at radius 3 is 2.43 bits per heavy atom. The minimum atomic E-state index is -0.559. The van der Waals surface area contributed by atoms with E-state index in [1.165, 1.54) is 48.8 Å². The van der Waals surface area contributed by atoms with Gasteiger partial charge in [0, 0.05) is 23.6 Å². The summed E-state index contributed by atoms with van der Waals surface area (Å²) in [4.78, 5) is 4.11. The summed E-state index contributed by atoms with van der Waals surface area (Å²) in [5.41, 5.74) is 6.83. The first-order valence-corrected chi connectivity index (χ1v) is 6.05. The Morgan fingerprint density at radius 2 is 1.86 bits per heavy atom. The molecule has 0 radical (unpaired) electrons. The molecule has 0 bridgehead atoms. The van der Waals surface area contributed by atoms with Crippen molar-refractivity contribution in [2.75, 3.05) is 0 Å². The normalized spacial score (nSPS) is 11.6. The molecule has 0 saturated heterocycles. The van der Waals surface area contributed by atoms with Gasteiger partial charge >= 0.3 is 0 Å². The zero-order chi connectivity index (χ0) is 15.2. The van der Waals surface area contributed by atoms with E-state index in [-0.39, 0.29) is 16.9 Å². The molecular formula is C16H11F2N3. The number of hydrogen-bond acceptors (Lipinski definition) is 3. The summed E-state index contributed by atoms with van der Waals surface area (Å²) in [5.74, 6) is -0.919. The number of benzene rings is 2. The zero-order valence-corrected chi connectivity index (χ0v) is 10.9. The van der Waals surface area contributed by atoms with Crippen LogP contribution in [-0.4, -0.2) is 6.21 Å². The molecule has 0 unspecified atom stereocenters. The molecule has 21 heavy (non-hydrogen) atoms. The van der Waals surface area contributed by atoms with Crippen molar-refractivity contribution in [2.45, 2.75) is 0 Å². The molecule has 5 heteroatoms. The molecule has 2 aromatic rings. The first kappa shape index (κ1) is 14.4. The van der Waals surface area contributed by atoms with Crippen LogP contribution in [0.1, 0.15) is 11.1 Å². The molecule has 3 nitrogen and oxygen atoms in total. The highest BCUT2D eigenvalue weighted by Crippen LogP contribution is 2.19. The standard InChI is InChI=1S/C16H11F2N3/c17-13-2-4-14(5-3-13)21-10-12(9-20)15-6-1-11(8-19)7-16(15)18/h1-7,9-10H,20H2. The average Bonchev–Trinajstić information content (AvgIpc) is 2.50. The summed E-state index contributed by atoms with van der Waals surface area (Å²) >= 11 is 0. The van der Waals surface area contributed by atoms with Crippen molar-refractivity contribution in [2.24, 2.45) is 10.7 Å². The van der Waals surface area contributed by atoms with Crippen molar-refractivity contribution in [3.63, 3.8) is 0 Å². The Morgan fingerprint density at radius 1 is 1.14 bits per heavy atom. The summed E-state index contributed by atoms with van der Waals surface area (Å²) in [7, 11) is 0. The Balaban J connectivity index is 2.29. The number of nitrogens with two attached hydrogens (primary N) is 1.